The highest BCUT2D eigenvalue weighted by Crippen LogP contribution is 2.17. The molecule has 0 spiro atoms. The first-order valence-corrected chi connectivity index (χ1v) is 29.8. The first-order valence-electron chi connectivity index (χ1n) is 29.8. The molecule has 0 radical (unpaired) electrons. The number of hydrogen-bond donors (Lipinski definition) is 3. The van der Waals surface area contributed by atoms with Crippen molar-refractivity contribution in [3.63, 3.8) is 0 Å². The van der Waals surface area contributed by atoms with Gasteiger partial charge < -0.3 is 15.5 Å². The lowest BCUT2D eigenvalue weighted by atomic mass is 10.0. The van der Waals surface area contributed by atoms with Crippen LogP contribution >= 0.6 is 0 Å². The van der Waals surface area contributed by atoms with Crippen LogP contribution in [0.25, 0.3) is 0 Å². The molecule has 0 aliphatic rings. The normalized spacial score (nSPS) is 13.4. The largest absolute Gasteiger partial charge is 0.394 e. The summed E-state index contributed by atoms with van der Waals surface area (Å²) in [4.78, 5) is 12.5. The second-order valence-corrected chi connectivity index (χ2v) is 20.0. The number of allylic oxidation sites excluding steroid dienone is 13. The van der Waals surface area contributed by atoms with E-state index in [1.165, 1.54) is 212 Å². The molecule has 68 heavy (non-hydrogen) atoms. The molecule has 0 saturated carbocycles. The highest BCUT2D eigenvalue weighted by Gasteiger charge is 2.18. The molecule has 2 atom stereocenters. The van der Waals surface area contributed by atoms with E-state index in [-0.39, 0.29) is 12.5 Å². The standard InChI is InChI=1S/C64H115NO3/c1-3-5-7-9-11-13-15-17-19-21-23-25-27-29-31-32-34-35-37-39-41-43-45-47-49-51-53-55-57-59-63(67)62(61-66)65-64(68)60-58-56-54-52-50-48-46-44-42-40-38-36-33-30-28-26-24-22-20-18-16-14-12-10-8-6-4-2/h6,8,12,14,18,20,24,26,41,43,49,51,57,59,62-63,66-67H,3-5,7,9-11,13,15-17,19,21-23,25,27-40,42,44-48,50,52-56,58,60-61H2,1-2H3,(H,65,68)/b8-6-,14-12-,20-18-,26-24-,43-41+,51-49+,59-57+. The van der Waals surface area contributed by atoms with Crippen molar-refractivity contribution in [1.29, 1.82) is 0 Å². The first kappa shape index (κ1) is 65.6. The third-order valence-corrected chi connectivity index (χ3v) is 13.3. The van der Waals surface area contributed by atoms with Gasteiger partial charge in [0.1, 0.15) is 0 Å². The lowest BCUT2D eigenvalue weighted by molar-refractivity contribution is -0.123. The zero-order valence-corrected chi connectivity index (χ0v) is 45.4. The summed E-state index contributed by atoms with van der Waals surface area (Å²) in [5, 5.41) is 23.2. The molecule has 1 amide bonds. The Bertz CT molecular complexity index is 1210. The first-order chi connectivity index (χ1) is 33.7. The SMILES string of the molecule is CC/C=C\C/C=C\C/C=C\C/C=C\CCCCCCCCCCCCCCCCC(=O)NC(CO)C(O)/C=C/CC/C=C/CC/C=C/CCCCCCCCCCCCCCCCCCCCC. The van der Waals surface area contributed by atoms with Crippen molar-refractivity contribution in [3.05, 3.63) is 85.1 Å². The van der Waals surface area contributed by atoms with Gasteiger partial charge in [0.25, 0.3) is 0 Å². The van der Waals surface area contributed by atoms with Gasteiger partial charge in [0.15, 0.2) is 0 Å². The molecular weight excluding hydrogens is 831 g/mol. The Labute approximate surface area is 424 Å². The van der Waals surface area contributed by atoms with Gasteiger partial charge in [-0.3, -0.25) is 4.79 Å². The zero-order valence-electron chi connectivity index (χ0n) is 45.4. The predicted octanol–water partition coefficient (Wildman–Crippen LogP) is 19.9. The third-order valence-electron chi connectivity index (χ3n) is 13.3. The average Bonchev–Trinajstić information content (AvgIpc) is 3.34. The topological polar surface area (TPSA) is 69.6 Å². The van der Waals surface area contributed by atoms with Crippen LogP contribution in [0, 0.1) is 0 Å². The average molecular weight is 947 g/mol. The van der Waals surface area contributed by atoms with Gasteiger partial charge in [0, 0.05) is 6.42 Å². The van der Waals surface area contributed by atoms with E-state index in [9.17, 15) is 15.0 Å². The molecule has 3 N–H and O–H groups in total. The van der Waals surface area contributed by atoms with E-state index in [0.717, 1.165) is 64.2 Å². The fourth-order valence-electron chi connectivity index (χ4n) is 8.85. The number of unbranched alkanes of at least 4 members (excludes halogenated alkanes) is 35. The molecule has 394 valence electrons. The summed E-state index contributed by atoms with van der Waals surface area (Å²) >= 11 is 0. The van der Waals surface area contributed by atoms with Gasteiger partial charge >= 0.3 is 0 Å². The second kappa shape index (κ2) is 58.9. The van der Waals surface area contributed by atoms with E-state index in [1.54, 1.807) is 6.08 Å². The lowest BCUT2D eigenvalue weighted by Crippen LogP contribution is -2.45. The summed E-state index contributed by atoms with van der Waals surface area (Å²) in [7, 11) is 0. The summed E-state index contributed by atoms with van der Waals surface area (Å²) in [5.74, 6) is -0.0788. The molecule has 2 unspecified atom stereocenters. The molecule has 0 aliphatic carbocycles. The van der Waals surface area contributed by atoms with Crippen LogP contribution < -0.4 is 5.32 Å². The number of carbonyl (C=O) groups is 1. The van der Waals surface area contributed by atoms with E-state index in [2.05, 4.69) is 92.1 Å². The minimum absolute atomic E-state index is 0.0788. The van der Waals surface area contributed by atoms with Gasteiger partial charge in [-0.15, -0.1) is 0 Å². The maximum atomic E-state index is 12.5. The van der Waals surface area contributed by atoms with Crippen LogP contribution in [0.5, 0.6) is 0 Å². The Morgan fingerprint density at radius 3 is 1.03 bits per heavy atom. The fraction of sp³-hybridized carbons (Fsp3) is 0.766. The highest BCUT2D eigenvalue weighted by molar-refractivity contribution is 5.76. The number of hydrogen-bond acceptors (Lipinski definition) is 3. The van der Waals surface area contributed by atoms with E-state index in [0.29, 0.717) is 6.42 Å². The minimum Gasteiger partial charge on any atom is -0.394 e. The van der Waals surface area contributed by atoms with Crippen molar-refractivity contribution in [2.45, 2.75) is 309 Å². The van der Waals surface area contributed by atoms with Crippen molar-refractivity contribution in [2.24, 2.45) is 0 Å². The van der Waals surface area contributed by atoms with Crippen molar-refractivity contribution in [3.8, 4) is 0 Å². The van der Waals surface area contributed by atoms with Crippen LogP contribution in [0.2, 0.25) is 0 Å². The molecule has 0 saturated heterocycles. The van der Waals surface area contributed by atoms with Crippen LogP contribution in [0.1, 0.15) is 296 Å². The fourth-order valence-corrected chi connectivity index (χ4v) is 8.85. The van der Waals surface area contributed by atoms with Gasteiger partial charge in [-0.25, -0.2) is 0 Å². The predicted molar refractivity (Wildman–Crippen MR) is 303 cm³/mol. The molecule has 0 bridgehead atoms. The maximum Gasteiger partial charge on any atom is 0.220 e. The molecule has 0 fully saturated rings. The molecule has 0 aromatic rings. The van der Waals surface area contributed by atoms with Crippen LogP contribution in [0.15, 0.2) is 85.1 Å². The number of rotatable bonds is 54. The van der Waals surface area contributed by atoms with Crippen LogP contribution in [0.3, 0.4) is 0 Å². The second-order valence-electron chi connectivity index (χ2n) is 20.0. The Kier molecular flexibility index (Phi) is 56.8. The zero-order chi connectivity index (χ0) is 49.2. The Hall–Kier alpha value is -2.43. The number of carbonyl (C=O) groups excluding carboxylic acids is 1. The van der Waals surface area contributed by atoms with E-state index in [4.69, 9.17) is 0 Å². The third kappa shape index (κ3) is 54.5. The number of nitrogens with one attached hydrogen (secondary N) is 1. The monoisotopic (exact) mass is 946 g/mol. The molecule has 4 heteroatoms. The molecule has 0 heterocycles. The molecule has 0 aromatic carbocycles. The smallest absolute Gasteiger partial charge is 0.220 e. The summed E-state index contributed by atoms with van der Waals surface area (Å²) < 4.78 is 0. The summed E-state index contributed by atoms with van der Waals surface area (Å²) in [6.45, 7) is 4.20. The van der Waals surface area contributed by atoms with E-state index >= 15 is 0 Å². The highest BCUT2D eigenvalue weighted by atomic mass is 16.3. The van der Waals surface area contributed by atoms with Crippen molar-refractivity contribution >= 4 is 5.91 Å². The molecular formula is C64H115NO3. The summed E-state index contributed by atoms with van der Waals surface area (Å²) in [5.41, 5.74) is 0. The van der Waals surface area contributed by atoms with Gasteiger partial charge in [0.05, 0.1) is 18.8 Å². The molecule has 0 aliphatic heterocycles. The Morgan fingerprint density at radius 2 is 0.662 bits per heavy atom. The molecule has 0 aromatic heterocycles. The number of aliphatic hydroxyl groups excluding tert-OH is 2. The Morgan fingerprint density at radius 1 is 0.368 bits per heavy atom. The van der Waals surface area contributed by atoms with Gasteiger partial charge in [-0.2, -0.15) is 0 Å². The summed E-state index contributed by atoms with van der Waals surface area (Å²) in [6, 6.07) is -0.651. The summed E-state index contributed by atoms with van der Waals surface area (Å²) in [6.07, 6.45) is 86.2. The van der Waals surface area contributed by atoms with Crippen molar-refractivity contribution in [2.75, 3.05) is 6.61 Å². The van der Waals surface area contributed by atoms with Gasteiger partial charge in [-0.1, -0.05) is 292 Å². The maximum absolute atomic E-state index is 12.5. The number of aliphatic hydroxyl groups is 2. The minimum atomic E-state index is -0.876. The molecule has 0 rings (SSSR count). The molecule has 4 nitrogen and oxygen atoms in total. The van der Waals surface area contributed by atoms with Crippen LogP contribution in [-0.4, -0.2) is 34.9 Å². The van der Waals surface area contributed by atoms with Gasteiger partial charge in [-0.05, 0) is 83.5 Å². The quantitative estimate of drug-likeness (QED) is 0.0420. The number of amides is 1. The lowest BCUT2D eigenvalue weighted by Gasteiger charge is -2.19. The van der Waals surface area contributed by atoms with E-state index in [1.807, 2.05) is 6.08 Å². The van der Waals surface area contributed by atoms with Crippen molar-refractivity contribution in [1.82, 2.24) is 5.32 Å². The van der Waals surface area contributed by atoms with Crippen LogP contribution in [-0.2, 0) is 4.79 Å². The van der Waals surface area contributed by atoms with Gasteiger partial charge in [0.2, 0.25) is 5.91 Å². The van der Waals surface area contributed by atoms with E-state index < -0.39 is 12.1 Å². The van der Waals surface area contributed by atoms with Crippen molar-refractivity contribution < 1.29 is 15.0 Å². The Balaban J connectivity index is 3.56. The van der Waals surface area contributed by atoms with Crippen LogP contribution in [0.4, 0.5) is 0 Å².